The molecule has 0 unspecified atom stereocenters. The van der Waals surface area contributed by atoms with E-state index in [1.165, 1.54) is 0 Å². The van der Waals surface area contributed by atoms with Gasteiger partial charge in [0.05, 0.1) is 24.0 Å². The highest BCUT2D eigenvalue weighted by Gasteiger charge is 2.21. The van der Waals surface area contributed by atoms with Crippen molar-refractivity contribution in [1.29, 1.82) is 5.26 Å². The van der Waals surface area contributed by atoms with Gasteiger partial charge in [0, 0.05) is 18.5 Å². The molecular formula is C12H12BrN5. The van der Waals surface area contributed by atoms with Gasteiger partial charge in [-0.2, -0.15) is 10.4 Å². The molecule has 3 rings (SSSR count). The normalized spacial score (nSPS) is 17.0. The maximum absolute atomic E-state index is 8.85. The smallest absolute Gasteiger partial charge is 0.179 e. The van der Waals surface area contributed by atoms with Gasteiger partial charge in [0.1, 0.15) is 4.60 Å². The third kappa shape index (κ3) is 1.95. The zero-order chi connectivity index (χ0) is 12.5. The van der Waals surface area contributed by atoms with Crippen molar-refractivity contribution >= 4 is 26.8 Å². The summed E-state index contributed by atoms with van der Waals surface area (Å²) in [6.45, 7) is 1.62. The van der Waals surface area contributed by atoms with Crippen molar-refractivity contribution in [3.05, 3.63) is 23.1 Å². The second-order valence-corrected chi connectivity index (χ2v) is 5.29. The van der Waals surface area contributed by atoms with Gasteiger partial charge < -0.3 is 4.90 Å². The lowest BCUT2D eigenvalue weighted by atomic mass is 10.1. The molecule has 0 N–H and O–H groups in total. The van der Waals surface area contributed by atoms with Crippen molar-refractivity contribution in [1.82, 2.24) is 19.7 Å². The first kappa shape index (κ1) is 11.5. The second kappa shape index (κ2) is 4.58. The van der Waals surface area contributed by atoms with Crippen LogP contribution in [0.5, 0.6) is 0 Å². The third-order valence-corrected chi connectivity index (χ3v) is 3.83. The molecule has 0 aromatic carbocycles. The molecule has 92 valence electrons. The van der Waals surface area contributed by atoms with E-state index < -0.39 is 0 Å². The molecule has 0 atom stereocenters. The first-order valence-electron chi connectivity index (χ1n) is 5.91. The number of piperidine rings is 1. The van der Waals surface area contributed by atoms with Crippen LogP contribution in [0.3, 0.4) is 0 Å². The third-order valence-electron chi connectivity index (χ3n) is 3.40. The van der Waals surface area contributed by atoms with Crippen LogP contribution in [-0.4, -0.2) is 32.8 Å². The first-order valence-corrected chi connectivity index (χ1v) is 6.70. The Kier molecular flexibility index (Phi) is 2.92. The molecule has 5 nitrogen and oxygen atoms in total. The number of nitriles is 1. The molecule has 2 aromatic rings. The predicted octanol–water partition coefficient (Wildman–Crippen LogP) is 2.31. The fourth-order valence-electron chi connectivity index (χ4n) is 2.42. The highest BCUT2D eigenvalue weighted by Crippen LogP contribution is 2.26. The molecule has 1 aliphatic heterocycles. The Morgan fingerprint density at radius 1 is 1.33 bits per heavy atom. The molecule has 0 aliphatic carbocycles. The molecule has 0 saturated carbocycles. The summed E-state index contributed by atoms with van der Waals surface area (Å²) in [5.74, 6) is 0. The number of halogens is 1. The summed E-state index contributed by atoms with van der Waals surface area (Å²) in [6, 6.07) is 2.35. The van der Waals surface area contributed by atoms with Gasteiger partial charge in [-0.15, -0.1) is 0 Å². The number of hydrogen-bond donors (Lipinski definition) is 0. The van der Waals surface area contributed by atoms with Crippen LogP contribution in [0, 0.1) is 11.5 Å². The fourth-order valence-corrected chi connectivity index (χ4v) is 2.77. The Labute approximate surface area is 113 Å². The highest BCUT2D eigenvalue weighted by atomic mass is 79.9. The maximum Gasteiger partial charge on any atom is 0.179 e. The fraction of sp³-hybridized carbons (Fsp3) is 0.417. The lowest BCUT2D eigenvalue weighted by molar-refractivity contribution is 0.245. The van der Waals surface area contributed by atoms with E-state index in [2.05, 4.69) is 32.2 Å². The quantitative estimate of drug-likeness (QED) is 0.599. The molecule has 2 aromatic heterocycles. The summed E-state index contributed by atoms with van der Waals surface area (Å²) < 4.78 is 2.87. The molecule has 0 radical (unpaired) electrons. The molecule has 0 spiro atoms. The van der Waals surface area contributed by atoms with Crippen LogP contribution in [0.25, 0.3) is 10.9 Å². The van der Waals surface area contributed by atoms with Crippen molar-refractivity contribution < 1.29 is 0 Å². The van der Waals surface area contributed by atoms with Gasteiger partial charge in [-0.25, -0.2) is 4.98 Å². The number of rotatable bonds is 1. The van der Waals surface area contributed by atoms with Crippen molar-refractivity contribution in [3.8, 4) is 6.19 Å². The summed E-state index contributed by atoms with van der Waals surface area (Å²) in [5, 5.41) is 14.4. The average Bonchev–Trinajstić information content (AvgIpc) is 2.81. The van der Waals surface area contributed by atoms with Gasteiger partial charge in [-0.05, 0) is 34.8 Å². The van der Waals surface area contributed by atoms with Crippen LogP contribution in [0.4, 0.5) is 0 Å². The summed E-state index contributed by atoms with van der Waals surface area (Å²) in [7, 11) is 0. The summed E-state index contributed by atoms with van der Waals surface area (Å²) in [5.41, 5.74) is 1.06. The Morgan fingerprint density at radius 2 is 2.11 bits per heavy atom. The topological polar surface area (TPSA) is 57.7 Å². The Morgan fingerprint density at radius 3 is 2.83 bits per heavy atom. The molecule has 0 amide bonds. The number of pyridine rings is 1. The number of aromatic nitrogens is 3. The summed E-state index contributed by atoms with van der Waals surface area (Å²) in [4.78, 5) is 6.06. The molecule has 6 heteroatoms. The summed E-state index contributed by atoms with van der Waals surface area (Å²) >= 11 is 3.36. The molecule has 1 aliphatic rings. The van der Waals surface area contributed by atoms with Crippen molar-refractivity contribution in [2.24, 2.45) is 0 Å². The van der Waals surface area contributed by atoms with E-state index in [-0.39, 0.29) is 0 Å². The largest absolute Gasteiger partial charge is 0.310 e. The van der Waals surface area contributed by atoms with E-state index in [9.17, 15) is 0 Å². The van der Waals surface area contributed by atoms with Gasteiger partial charge in [0.2, 0.25) is 0 Å². The van der Waals surface area contributed by atoms with Gasteiger partial charge in [0.15, 0.2) is 6.19 Å². The van der Waals surface area contributed by atoms with E-state index in [1.54, 1.807) is 4.90 Å². The molecule has 1 saturated heterocycles. The zero-order valence-electron chi connectivity index (χ0n) is 9.75. The van der Waals surface area contributed by atoms with Crippen LogP contribution in [0.2, 0.25) is 0 Å². The molecule has 18 heavy (non-hydrogen) atoms. The summed E-state index contributed by atoms with van der Waals surface area (Å²) in [6.07, 6.45) is 7.84. The monoisotopic (exact) mass is 305 g/mol. The minimum absolute atomic E-state index is 0.370. The van der Waals surface area contributed by atoms with Crippen molar-refractivity contribution in [2.45, 2.75) is 18.9 Å². The van der Waals surface area contributed by atoms with E-state index >= 15 is 0 Å². The van der Waals surface area contributed by atoms with E-state index in [1.807, 2.05) is 23.1 Å². The van der Waals surface area contributed by atoms with Crippen molar-refractivity contribution in [2.75, 3.05) is 13.1 Å². The van der Waals surface area contributed by atoms with Crippen LogP contribution in [0.1, 0.15) is 18.9 Å². The average molecular weight is 306 g/mol. The van der Waals surface area contributed by atoms with Crippen LogP contribution >= 0.6 is 15.9 Å². The van der Waals surface area contributed by atoms with Gasteiger partial charge in [-0.1, -0.05) is 0 Å². The number of likely N-dealkylation sites (tertiary alicyclic amines) is 1. The standard InChI is InChI=1S/C12H12BrN5/c13-12-5-9-6-16-18(11(9)7-15-12)10-1-3-17(8-14)4-2-10/h5-7,10H,1-4H2. The van der Waals surface area contributed by atoms with E-state index in [0.29, 0.717) is 6.04 Å². The van der Waals surface area contributed by atoms with E-state index in [0.717, 1.165) is 41.4 Å². The number of nitrogens with zero attached hydrogens (tertiary/aromatic N) is 5. The lowest BCUT2D eigenvalue weighted by Crippen LogP contribution is -2.31. The molecular weight excluding hydrogens is 294 g/mol. The minimum atomic E-state index is 0.370. The maximum atomic E-state index is 8.85. The lowest BCUT2D eigenvalue weighted by Gasteiger charge is -2.28. The molecule has 3 heterocycles. The van der Waals surface area contributed by atoms with Gasteiger partial charge in [-0.3, -0.25) is 4.68 Å². The van der Waals surface area contributed by atoms with Crippen molar-refractivity contribution in [3.63, 3.8) is 0 Å². The minimum Gasteiger partial charge on any atom is -0.310 e. The molecule has 0 bridgehead atoms. The number of fused-ring (bicyclic) bond motifs is 1. The van der Waals surface area contributed by atoms with Crippen LogP contribution in [-0.2, 0) is 0 Å². The Bertz CT molecular complexity index is 606. The van der Waals surface area contributed by atoms with E-state index in [4.69, 9.17) is 5.26 Å². The number of hydrogen-bond acceptors (Lipinski definition) is 4. The zero-order valence-corrected chi connectivity index (χ0v) is 11.3. The SMILES string of the molecule is N#CN1CCC(n2ncc3cc(Br)ncc32)CC1. The van der Waals surface area contributed by atoms with Gasteiger partial charge in [0.25, 0.3) is 0 Å². The Balaban J connectivity index is 1.89. The second-order valence-electron chi connectivity index (χ2n) is 4.47. The molecule has 1 fully saturated rings. The van der Waals surface area contributed by atoms with Gasteiger partial charge >= 0.3 is 0 Å². The Hall–Kier alpha value is -1.61. The first-order chi connectivity index (χ1) is 8.78. The highest BCUT2D eigenvalue weighted by molar-refractivity contribution is 9.10. The van der Waals surface area contributed by atoms with Crippen LogP contribution < -0.4 is 0 Å². The van der Waals surface area contributed by atoms with Crippen LogP contribution in [0.15, 0.2) is 23.1 Å². The predicted molar refractivity (Wildman–Crippen MR) is 70.7 cm³/mol.